The van der Waals surface area contributed by atoms with Gasteiger partial charge in [-0.05, 0) is 51.4 Å². The molecule has 0 spiro atoms. The number of carbonyl (C=O) groups excluding carboxylic acids is 2. The molecule has 51 heavy (non-hydrogen) atoms. The third kappa shape index (κ3) is 37.2. The van der Waals surface area contributed by atoms with E-state index in [2.05, 4.69) is 93.3 Å². The lowest BCUT2D eigenvalue weighted by Crippen LogP contribution is -2.37. The Balaban J connectivity index is 4.13. The molecule has 6 nitrogen and oxygen atoms in total. The molecule has 0 aromatic carbocycles. The Labute approximate surface area is 318 Å². The molecule has 2 atom stereocenters. The molecule has 0 aromatic heterocycles. The van der Waals surface area contributed by atoms with Gasteiger partial charge in [0, 0.05) is 18.8 Å². The van der Waals surface area contributed by atoms with E-state index in [-0.39, 0.29) is 31.4 Å². The summed E-state index contributed by atoms with van der Waals surface area (Å²) in [5.41, 5.74) is 5.72. The summed E-state index contributed by atoms with van der Waals surface area (Å²) < 4.78 is 16.7. The number of hydrogen-bond acceptors (Lipinski definition) is 7. The zero-order chi connectivity index (χ0) is 37.3. The lowest BCUT2D eigenvalue weighted by atomic mass is 10.0. The van der Waals surface area contributed by atoms with Gasteiger partial charge in [0.2, 0.25) is 0 Å². The van der Waals surface area contributed by atoms with Gasteiger partial charge in [-0.15, -0.1) is 0 Å². The molecule has 0 fully saturated rings. The number of rotatable bonds is 36. The molecule has 0 aliphatic carbocycles. The summed E-state index contributed by atoms with van der Waals surface area (Å²) in [6.45, 7) is 5.12. The van der Waals surface area contributed by atoms with E-state index < -0.39 is 18.1 Å². The van der Waals surface area contributed by atoms with Crippen LogP contribution in [0.15, 0.2) is 72.9 Å². The van der Waals surface area contributed by atoms with Gasteiger partial charge in [0.1, 0.15) is 12.6 Å². The van der Waals surface area contributed by atoms with E-state index >= 15 is 0 Å². The molecule has 0 heterocycles. The van der Waals surface area contributed by atoms with Crippen molar-refractivity contribution in [2.45, 2.75) is 167 Å². The van der Waals surface area contributed by atoms with Gasteiger partial charge < -0.3 is 19.9 Å². The summed E-state index contributed by atoms with van der Waals surface area (Å²) in [7, 11) is 0. The average molecular weight is 730 g/mol. The number of thiol groups is 1. The zero-order valence-electron chi connectivity index (χ0n) is 32.5. The smallest absolute Gasteiger partial charge is 0.323 e. The minimum Gasteiger partial charge on any atom is -0.460 e. The molecule has 7 heteroatoms. The average Bonchev–Trinajstić information content (AvgIpc) is 3.13. The Morgan fingerprint density at radius 2 is 1.02 bits per heavy atom. The zero-order valence-corrected chi connectivity index (χ0v) is 33.4. The van der Waals surface area contributed by atoms with Gasteiger partial charge in [0.15, 0.2) is 6.10 Å². The highest BCUT2D eigenvalue weighted by molar-refractivity contribution is 7.80. The van der Waals surface area contributed by atoms with Crippen LogP contribution in [0.5, 0.6) is 0 Å². The van der Waals surface area contributed by atoms with Crippen molar-refractivity contribution >= 4 is 24.6 Å². The topological polar surface area (TPSA) is 87.9 Å². The largest absolute Gasteiger partial charge is 0.460 e. The summed E-state index contributed by atoms with van der Waals surface area (Å²) in [4.78, 5) is 24.6. The van der Waals surface area contributed by atoms with E-state index in [1.54, 1.807) is 0 Å². The second-order valence-electron chi connectivity index (χ2n) is 13.2. The van der Waals surface area contributed by atoms with Crippen LogP contribution in [0.3, 0.4) is 0 Å². The summed E-state index contributed by atoms with van der Waals surface area (Å²) in [5.74, 6) is -0.713. The highest BCUT2D eigenvalue weighted by Gasteiger charge is 2.20. The van der Waals surface area contributed by atoms with Crippen molar-refractivity contribution < 1.29 is 23.8 Å². The maximum absolute atomic E-state index is 12.5. The van der Waals surface area contributed by atoms with Gasteiger partial charge in [-0.1, -0.05) is 170 Å². The van der Waals surface area contributed by atoms with Crippen molar-refractivity contribution in [3.63, 3.8) is 0 Å². The minimum atomic E-state index is -0.811. The highest BCUT2D eigenvalue weighted by atomic mass is 32.1. The predicted molar refractivity (Wildman–Crippen MR) is 221 cm³/mol. The monoisotopic (exact) mass is 730 g/mol. The van der Waals surface area contributed by atoms with E-state index in [1.807, 2.05) is 6.08 Å². The van der Waals surface area contributed by atoms with Crippen molar-refractivity contribution in [3.8, 4) is 0 Å². The molecule has 0 rings (SSSR count). The summed E-state index contributed by atoms with van der Waals surface area (Å²) >= 11 is 4.05. The highest BCUT2D eigenvalue weighted by Crippen LogP contribution is 2.13. The van der Waals surface area contributed by atoms with Gasteiger partial charge in [-0.25, -0.2) is 0 Å². The standard InChI is InChI=1S/C44H75NO5S/c1-3-5-7-9-11-13-15-17-19-20-21-22-23-24-26-28-30-32-34-36-43(46)50-41(39-49-44(47)42(45)40-51)38-48-37-35-33-31-29-27-25-18-16-14-12-10-8-6-4-2/h5,7,11,13,17,19,21-22,24,26,30,32,41-42,51H,3-4,6,8-10,12,14-16,18,20,23,25,27-29,31,33-40,45H2,1-2H3/b7-5-,13-11-,19-17-,22-21-,26-24-,32-30-. The molecule has 0 aliphatic heterocycles. The Hall–Kier alpha value is -2.35. The Morgan fingerprint density at radius 1 is 0.588 bits per heavy atom. The number of carbonyl (C=O) groups is 2. The third-order valence-corrected chi connectivity index (χ3v) is 8.66. The van der Waals surface area contributed by atoms with Crippen LogP contribution in [0.2, 0.25) is 0 Å². The normalized spacial score (nSPS) is 13.6. The third-order valence-electron chi connectivity index (χ3n) is 8.27. The second-order valence-corrected chi connectivity index (χ2v) is 13.5. The Morgan fingerprint density at radius 3 is 1.47 bits per heavy atom. The van der Waals surface area contributed by atoms with Crippen LogP contribution in [-0.2, 0) is 23.8 Å². The van der Waals surface area contributed by atoms with Crippen LogP contribution in [0.1, 0.15) is 155 Å². The SMILES string of the molecule is CC/C=C\C/C=C\C/C=C\C/C=C\C/C=C\C/C=C\CCC(=O)OC(COCCCCCCCCCCCCCCCC)COC(=O)C(N)CS. The van der Waals surface area contributed by atoms with Gasteiger partial charge in [0.05, 0.1) is 6.61 Å². The summed E-state index contributed by atoms with van der Waals surface area (Å²) in [6.07, 6.45) is 50.1. The molecular formula is C44H75NO5S. The number of hydrogen-bond donors (Lipinski definition) is 2. The van der Waals surface area contributed by atoms with E-state index in [0.717, 1.165) is 51.4 Å². The molecule has 2 N–H and O–H groups in total. The van der Waals surface area contributed by atoms with Crippen LogP contribution in [0, 0.1) is 0 Å². The van der Waals surface area contributed by atoms with E-state index in [1.165, 1.54) is 77.0 Å². The van der Waals surface area contributed by atoms with Crippen molar-refractivity contribution in [1.82, 2.24) is 0 Å². The first-order valence-electron chi connectivity index (χ1n) is 20.2. The quantitative estimate of drug-likeness (QED) is 0.0289. The molecule has 0 radical (unpaired) electrons. The molecule has 0 saturated heterocycles. The van der Waals surface area contributed by atoms with Crippen molar-refractivity contribution in [2.75, 3.05) is 25.6 Å². The fraction of sp³-hybridized carbons (Fsp3) is 0.682. The number of ether oxygens (including phenoxy) is 3. The number of nitrogens with two attached hydrogens (primary N) is 1. The molecule has 0 saturated carbocycles. The molecule has 292 valence electrons. The number of allylic oxidation sites excluding steroid dienone is 12. The number of unbranched alkanes of at least 4 members (excludes halogenated alkanes) is 13. The lowest BCUT2D eigenvalue weighted by molar-refractivity contribution is -0.163. The summed E-state index contributed by atoms with van der Waals surface area (Å²) in [6, 6.07) is -0.811. The molecule has 0 aromatic rings. The van der Waals surface area contributed by atoms with Gasteiger partial charge in [-0.3, -0.25) is 9.59 Å². The second kappa shape index (κ2) is 40.4. The maximum atomic E-state index is 12.5. The Kier molecular flexibility index (Phi) is 38.6. The van der Waals surface area contributed by atoms with Gasteiger partial charge in [0.25, 0.3) is 0 Å². The van der Waals surface area contributed by atoms with E-state index in [4.69, 9.17) is 19.9 Å². The molecule has 0 bridgehead atoms. The van der Waals surface area contributed by atoms with Crippen molar-refractivity contribution in [3.05, 3.63) is 72.9 Å². The molecule has 0 amide bonds. The number of esters is 2. The van der Waals surface area contributed by atoms with Crippen LogP contribution in [0.25, 0.3) is 0 Å². The van der Waals surface area contributed by atoms with Crippen LogP contribution < -0.4 is 5.73 Å². The van der Waals surface area contributed by atoms with Crippen LogP contribution >= 0.6 is 12.6 Å². The van der Waals surface area contributed by atoms with Crippen LogP contribution in [0.4, 0.5) is 0 Å². The lowest BCUT2D eigenvalue weighted by Gasteiger charge is -2.19. The first kappa shape index (κ1) is 48.6. The first-order valence-corrected chi connectivity index (χ1v) is 20.9. The van der Waals surface area contributed by atoms with E-state index in [0.29, 0.717) is 13.0 Å². The minimum absolute atomic E-state index is 0.0787. The molecule has 0 aliphatic rings. The van der Waals surface area contributed by atoms with Crippen molar-refractivity contribution in [1.29, 1.82) is 0 Å². The fourth-order valence-electron chi connectivity index (χ4n) is 5.17. The summed E-state index contributed by atoms with van der Waals surface area (Å²) in [5, 5.41) is 0. The van der Waals surface area contributed by atoms with Gasteiger partial charge in [-0.2, -0.15) is 12.6 Å². The Bertz CT molecular complexity index is 971. The molecule has 2 unspecified atom stereocenters. The fourth-order valence-corrected chi connectivity index (χ4v) is 5.32. The van der Waals surface area contributed by atoms with Crippen molar-refractivity contribution in [2.24, 2.45) is 5.73 Å². The maximum Gasteiger partial charge on any atom is 0.323 e. The predicted octanol–water partition coefficient (Wildman–Crippen LogP) is 11.7. The molecular weight excluding hydrogens is 655 g/mol. The van der Waals surface area contributed by atoms with Gasteiger partial charge >= 0.3 is 11.9 Å². The first-order chi connectivity index (χ1) is 25.0. The van der Waals surface area contributed by atoms with E-state index in [9.17, 15) is 9.59 Å². The van der Waals surface area contributed by atoms with Crippen LogP contribution in [-0.4, -0.2) is 49.7 Å².